The van der Waals surface area contributed by atoms with Crippen LogP contribution in [0.5, 0.6) is 0 Å². The zero-order chi connectivity index (χ0) is 10.9. The van der Waals surface area contributed by atoms with Gasteiger partial charge in [-0.15, -0.1) is 0 Å². The van der Waals surface area contributed by atoms with Crippen LogP contribution in [-0.4, -0.2) is 23.4 Å². The standard InChI is InChI=1S/C12H20O3/c13-9-3-1-2-4-10-15-12-7-5-11(14)6-8-12/h5,7,13-14H,1-4,6,8-10H2. The largest absolute Gasteiger partial charge is 0.512 e. The van der Waals surface area contributed by atoms with Crippen LogP contribution in [-0.2, 0) is 4.74 Å². The lowest BCUT2D eigenvalue weighted by Gasteiger charge is -2.12. The van der Waals surface area contributed by atoms with Gasteiger partial charge in [0.1, 0.15) is 0 Å². The second-order valence-corrected chi connectivity index (χ2v) is 3.78. The molecule has 15 heavy (non-hydrogen) atoms. The molecule has 0 fully saturated rings. The van der Waals surface area contributed by atoms with Crippen molar-refractivity contribution in [3.05, 3.63) is 23.7 Å². The molecule has 0 heterocycles. The first-order valence-corrected chi connectivity index (χ1v) is 5.65. The van der Waals surface area contributed by atoms with Crippen LogP contribution in [0.2, 0.25) is 0 Å². The number of allylic oxidation sites excluding steroid dienone is 4. The molecular weight excluding hydrogens is 192 g/mol. The molecule has 86 valence electrons. The zero-order valence-electron chi connectivity index (χ0n) is 9.11. The molecule has 1 rings (SSSR count). The quantitative estimate of drug-likeness (QED) is 0.638. The molecule has 0 spiro atoms. The van der Waals surface area contributed by atoms with E-state index in [9.17, 15) is 0 Å². The normalized spacial score (nSPS) is 15.8. The molecule has 0 saturated carbocycles. The smallest absolute Gasteiger partial charge is 0.0965 e. The molecule has 2 N–H and O–H groups in total. The molecule has 3 nitrogen and oxygen atoms in total. The van der Waals surface area contributed by atoms with Crippen molar-refractivity contribution in [1.29, 1.82) is 0 Å². The Morgan fingerprint density at radius 3 is 2.53 bits per heavy atom. The van der Waals surface area contributed by atoms with Gasteiger partial charge in [0.05, 0.1) is 18.1 Å². The van der Waals surface area contributed by atoms with Crippen molar-refractivity contribution in [2.75, 3.05) is 13.2 Å². The maximum absolute atomic E-state index is 9.13. The van der Waals surface area contributed by atoms with E-state index >= 15 is 0 Å². The molecular formula is C12H20O3. The summed E-state index contributed by atoms with van der Waals surface area (Å²) >= 11 is 0. The number of unbranched alkanes of at least 4 members (excludes halogenated alkanes) is 3. The molecule has 3 heteroatoms. The molecule has 0 unspecified atom stereocenters. The Morgan fingerprint density at radius 2 is 1.87 bits per heavy atom. The van der Waals surface area contributed by atoms with Crippen molar-refractivity contribution in [2.45, 2.75) is 38.5 Å². The average molecular weight is 212 g/mol. The summed E-state index contributed by atoms with van der Waals surface area (Å²) in [5, 5.41) is 17.7. The highest BCUT2D eigenvalue weighted by Gasteiger charge is 2.05. The molecule has 1 aliphatic carbocycles. The molecule has 0 radical (unpaired) electrons. The van der Waals surface area contributed by atoms with E-state index in [1.54, 1.807) is 6.08 Å². The highest BCUT2D eigenvalue weighted by molar-refractivity contribution is 5.16. The highest BCUT2D eigenvalue weighted by atomic mass is 16.5. The van der Waals surface area contributed by atoms with Gasteiger partial charge in [-0.1, -0.05) is 6.42 Å². The van der Waals surface area contributed by atoms with Crippen LogP contribution < -0.4 is 0 Å². The van der Waals surface area contributed by atoms with Gasteiger partial charge in [-0.25, -0.2) is 0 Å². The van der Waals surface area contributed by atoms with Crippen LogP contribution in [0.25, 0.3) is 0 Å². The third-order valence-electron chi connectivity index (χ3n) is 2.43. The summed E-state index contributed by atoms with van der Waals surface area (Å²) in [5.41, 5.74) is 0. The third kappa shape index (κ3) is 5.47. The lowest BCUT2D eigenvalue weighted by molar-refractivity contribution is 0.189. The fourth-order valence-corrected chi connectivity index (χ4v) is 1.50. The first-order valence-electron chi connectivity index (χ1n) is 5.65. The minimum atomic E-state index is 0.288. The minimum absolute atomic E-state index is 0.288. The predicted octanol–water partition coefficient (Wildman–Crippen LogP) is 2.68. The van der Waals surface area contributed by atoms with Gasteiger partial charge in [-0.2, -0.15) is 0 Å². The fraction of sp³-hybridized carbons (Fsp3) is 0.667. The molecule has 0 aliphatic heterocycles. The molecule has 0 bridgehead atoms. The van der Waals surface area contributed by atoms with E-state index in [1.807, 2.05) is 6.08 Å². The number of aliphatic hydroxyl groups is 2. The summed E-state index contributed by atoms with van der Waals surface area (Å²) in [6, 6.07) is 0. The maximum atomic E-state index is 9.13. The molecule has 0 atom stereocenters. The van der Waals surface area contributed by atoms with Crippen molar-refractivity contribution in [2.24, 2.45) is 0 Å². The van der Waals surface area contributed by atoms with E-state index in [0.29, 0.717) is 12.2 Å². The minimum Gasteiger partial charge on any atom is -0.512 e. The second-order valence-electron chi connectivity index (χ2n) is 3.78. The van der Waals surface area contributed by atoms with E-state index < -0.39 is 0 Å². The highest BCUT2D eigenvalue weighted by Crippen LogP contribution is 2.17. The number of hydrogen-bond acceptors (Lipinski definition) is 3. The van der Waals surface area contributed by atoms with Crippen LogP contribution in [0.1, 0.15) is 38.5 Å². The van der Waals surface area contributed by atoms with Crippen LogP contribution in [0.4, 0.5) is 0 Å². The van der Waals surface area contributed by atoms with Gasteiger partial charge in [0, 0.05) is 19.4 Å². The lowest BCUT2D eigenvalue weighted by atomic mass is 10.1. The summed E-state index contributed by atoms with van der Waals surface area (Å²) in [6.45, 7) is 1.03. The summed E-state index contributed by atoms with van der Waals surface area (Å²) in [4.78, 5) is 0. The molecule has 1 aliphatic rings. The van der Waals surface area contributed by atoms with Gasteiger partial charge in [0.15, 0.2) is 0 Å². The summed E-state index contributed by atoms with van der Waals surface area (Å²) in [5.74, 6) is 1.40. The van der Waals surface area contributed by atoms with Gasteiger partial charge >= 0.3 is 0 Å². The molecule has 0 aromatic heterocycles. The van der Waals surface area contributed by atoms with Crippen LogP contribution in [0.3, 0.4) is 0 Å². The zero-order valence-corrected chi connectivity index (χ0v) is 9.11. The van der Waals surface area contributed by atoms with E-state index in [-0.39, 0.29) is 6.61 Å². The van der Waals surface area contributed by atoms with Crippen molar-refractivity contribution in [3.8, 4) is 0 Å². The van der Waals surface area contributed by atoms with Crippen molar-refractivity contribution < 1.29 is 14.9 Å². The number of ether oxygens (including phenoxy) is 1. The van der Waals surface area contributed by atoms with Crippen molar-refractivity contribution in [3.63, 3.8) is 0 Å². The number of hydrogen-bond donors (Lipinski definition) is 2. The van der Waals surface area contributed by atoms with Crippen LogP contribution >= 0.6 is 0 Å². The first kappa shape index (κ1) is 12.1. The van der Waals surface area contributed by atoms with E-state index in [4.69, 9.17) is 14.9 Å². The Labute approximate surface area is 91.1 Å². The summed E-state index contributed by atoms with van der Waals surface area (Å²) < 4.78 is 5.55. The lowest BCUT2D eigenvalue weighted by Crippen LogP contribution is -1.99. The topological polar surface area (TPSA) is 49.7 Å². The summed E-state index contributed by atoms with van der Waals surface area (Å²) in [7, 11) is 0. The fourth-order valence-electron chi connectivity index (χ4n) is 1.50. The van der Waals surface area contributed by atoms with Gasteiger partial charge in [0.2, 0.25) is 0 Å². The van der Waals surface area contributed by atoms with Gasteiger partial charge in [-0.3, -0.25) is 0 Å². The average Bonchev–Trinajstić information content (AvgIpc) is 2.26. The van der Waals surface area contributed by atoms with Crippen LogP contribution in [0.15, 0.2) is 23.7 Å². The first-order chi connectivity index (χ1) is 7.33. The maximum Gasteiger partial charge on any atom is 0.0965 e. The summed E-state index contributed by atoms with van der Waals surface area (Å²) in [6.07, 6.45) is 9.13. The number of rotatable bonds is 7. The Morgan fingerprint density at radius 1 is 1.07 bits per heavy atom. The number of aliphatic hydroxyl groups excluding tert-OH is 2. The third-order valence-corrected chi connectivity index (χ3v) is 2.43. The van der Waals surface area contributed by atoms with Gasteiger partial charge in [-0.05, 0) is 31.4 Å². The Balaban J connectivity index is 2.01. The van der Waals surface area contributed by atoms with Gasteiger partial charge in [0.25, 0.3) is 0 Å². The Bertz CT molecular complexity index is 231. The Kier molecular flexibility index (Phi) is 5.93. The second kappa shape index (κ2) is 7.35. The van der Waals surface area contributed by atoms with E-state index in [1.165, 1.54) is 0 Å². The predicted molar refractivity (Wildman–Crippen MR) is 59.5 cm³/mol. The molecule has 0 amide bonds. The van der Waals surface area contributed by atoms with E-state index in [2.05, 4.69) is 0 Å². The Hall–Kier alpha value is -0.960. The molecule has 0 saturated heterocycles. The monoisotopic (exact) mass is 212 g/mol. The molecule has 0 aromatic rings. The van der Waals surface area contributed by atoms with Crippen LogP contribution in [0, 0.1) is 0 Å². The van der Waals surface area contributed by atoms with Gasteiger partial charge < -0.3 is 14.9 Å². The molecule has 0 aromatic carbocycles. The van der Waals surface area contributed by atoms with E-state index in [0.717, 1.165) is 44.5 Å². The van der Waals surface area contributed by atoms with Crippen molar-refractivity contribution >= 4 is 0 Å². The SMILES string of the molecule is OCCCCCCOC1=CC=C(O)CC1. The van der Waals surface area contributed by atoms with Crippen molar-refractivity contribution in [1.82, 2.24) is 0 Å².